The first-order valence-corrected chi connectivity index (χ1v) is 14.3. The van der Waals surface area contributed by atoms with Crippen LogP contribution in [0.2, 0.25) is 0 Å². The van der Waals surface area contributed by atoms with Crippen molar-refractivity contribution in [3.63, 3.8) is 0 Å². The van der Waals surface area contributed by atoms with Gasteiger partial charge in [-0.05, 0) is 0 Å². The summed E-state index contributed by atoms with van der Waals surface area (Å²) in [6.07, 6.45) is 16.3. The maximum atomic E-state index is 2.42. The van der Waals surface area contributed by atoms with Gasteiger partial charge < -0.3 is 0 Å². The summed E-state index contributed by atoms with van der Waals surface area (Å²) in [4.78, 5) is 0. The van der Waals surface area contributed by atoms with Gasteiger partial charge in [-0.2, -0.15) is 0 Å². The van der Waals surface area contributed by atoms with Crippen LogP contribution in [0.1, 0.15) is 27.6 Å². The smallest absolute Gasteiger partial charge is 0.147 e. The average molecular weight is 549 g/mol. The molecule has 0 fully saturated rings. The summed E-state index contributed by atoms with van der Waals surface area (Å²) in [7, 11) is 0. The van der Waals surface area contributed by atoms with Gasteiger partial charge in [0.1, 0.15) is 0 Å². The summed E-state index contributed by atoms with van der Waals surface area (Å²) in [5, 5.41) is 0. The van der Waals surface area contributed by atoms with Gasteiger partial charge in [-0.25, -0.2) is 0 Å². The van der Waals surface area contributed by atoms with E-state index in [0.717, 1.165) is 12.8 Å². The van der Waals surface area contributed by atoms with Crippen LogP contribution in [-0.2, 0) is 21.4 Å². The van der Waals surface area contributed by atoms with Gasteiger partial charge in [0.15, 0.2) is 0 Å². The minimum atomic E-state index is -2.24. The van der Waals surface area contributed by atoms with Gasteiger partial charge in [0.2, 0.25) is 0 Å². The Labute approximate surface area is 176 Å². The summed E-state index contributed by atoms with van der Waals surface area (Å²) in [5.74, 6) is 0. The van der Waals surface area contributed by atoms with Crippen LogP contribution in [0.4, 0.5) is 0 Å². The third-order valence-electron chi connectivity index (χ3n) is 4.79. The molecule has 0 saturated carbocycles. The molecular weight excluding hydrogens is 526 g/mol. The zero-order valence-corrected chi connectivity index (χ0v) is 19.8. The molecule has 0 N–H and O–H groups in total. The summed E-state index contributed by atoms with van der Waals surface area (Å²) < 4.78 is 4.06. The van der Waals surface area contributed by atoms with Crippen LogP contribution in [0.3, 0.4) is 0 Å². The Hall–Kier alpha value is -1.15. The minimum absolute atomic E-state index is 0. The molecule has 133 valence electrons. The van der Waals surface area contributed by atoms with E-state index >= 15 is 0 Å². The first-order chi connectivity index (χ1) is 11.9. The monoisotopic (exact) mass is 549 g/mol. The second kappa shape index (κ2) is 10.3. The van der Waals surface area contributed by atoms with Gasteiger partial charge in [-0.1, -0.05) is 0 Å². The van der Waals surface area contributed by atoms with Crippen LogP contribution in [0.15, 0.2) is 104 Å². The molecule has 4 rings (SSSR count). The number of allylic oxidation sites excluding steroid dienone is 8. The predicted octanol–water partition coefficient (Wildman–Crippen LogP) is 6.93. The van der Waals surface area contributed by atoms with Crippen LogP contribution in [0, 0.1) is 0 Å². The normalized spacial score (nSPS) is 14.5. The average Bonchev–Trinajstić information content (AvgIpc) is 3.35. The number of rotatable bonds is 5. The minimum Gasteiger partial charge on any atom is -0.147 e. The van der Waals surface area contributed by atoms with E-state index in [-0.39, 0.29) is 24.8 Å². The molecule has 2 aromatic rings. The third kappa shape index (κ3) is 4.57. The van der Waals surface area contributed by atoms with E-state index in [1.807, 2.05) is 0 Å². The molecular formula is C23H23Cl2Hf. The summed E-state index contributed by atoms with van der Waals surface area (Å²) in [6, 6.07) is 22.3. The Bertz CT molecular complexity index is 750. The third-order valence-corrected chi connectivity index (χ3v) is 16.9. The van der Waals surface area contributed by atoms with E-state index in [4.69, 9.17) is 0 Å². The summed E-state index contributed by atoms with van der Waals surface area (Å²) in [6.45, 7) is 0. The molecule has 26 heavy (non-hydrogen) atoms. The van der Waals surface area contributed by atoms with Gasteiger partial charge in [0.05, 0.1) is 0 Å². The molecule has 2 aliphatic rings. The van der Waals surface area contributed by atoms with Crippen molar-refractivity contribution in [2.45, 2.75) is 16.5 Å². The predicted molar refractivity (Wildman–Crippen MR) is 113 cm³/mol. The SMILES string of the molecule is C1=CC[C]([Hf]([C]2=CC=CC2)[CH](c2ccccc2)c2ccccc2)=C1.Cl.Cl. The molecule has 0 unspecified atom stereocenters. The molecule has 2 aliphatic carbocycles. The number of hydrogen-bond donors (Lipinski definition) is 0. The number of halogens is 2. The summed E-state index contributed by atoms with van der Waals surface area (Å²) >= 11 is -2.24. The van der Waals surface area contributed by atoms with Crippen molar-refractivity contribution >= 4 is 24.8 Å². The Morgan fingerprint density at radius 2 is 1.04 bits per heavy atom. The quantitative estimate of drug-likeness (QED) is 0.356. The molecule has 0 bridgehead atoms. The van der Waals surface area contributed by atoms with Crippen molar-refractivity contribution in [1.29, 1.82) is 0 Å². The Balaban J connectivity index is 0.00000121. The van der Waals surface area contributed by atoms with E-state index in [1.165, 1.54) is 11.1 Å². The van der Waals surface area contributed by atoms with Crippen LogP contribution in [0.25, 0.3) is 0 Å². The van der Waals surface area contributed by atoms with Crippen molar-refractivity contribution in [2.75, 3.05) is 0 Å². The first kappa shape index (κ1) is 21.2. The van der Waals surface area contributed by atoms with Crippen LogP contribution >= 0.6 is 24.8 Å². The standard InChI is InChI=1S/C13H11.2C5H5.2ClH.Hf/c1-3-7-12(8-4-1)11-13-9-5-2-6-10-13;2*1-2-4-5-3-1;;;/h1-11H;2*1-3H,4H2;2*1H;. The molecule has 0 aliphatic heterocycles. The summed E-state index contributed by atoms with van der Waals surface area (Å²) in [5.41, 5.74) is 2.98. The fraction of sp³-hybridized carbons (Fsp3) is 0.130. The van der Waals surface area contributed by atoms with Crippen LogP contribution in [-0.4, -0.2) is 0 Å². The Kier molecular flexibility index (Phi) is 8.34. The van der Waals surface area contributed by atoms with Crippen molar-refractivity contribution in [3.8, 4) is 0 Å². The topological polar surface area (TPSA) is 0 Å². The maximum absolute atomic E-state index is 2.42. The van der Waals surface area contributed by atoms with Gasteiger partial charge >= 0.3 is 153 Å². The maximum Gasteiger partial charge on any atom is -0.147 e. The van der Waals surface area contributed by atoms with E-state index in [1.54, 1.807) is 6.66 Å². The number of hydrogen-bond acceptors (Lipinski definition) is 0. The molecule has 0 radical (unpaired) electrons. The molecule has 0 amide bonds. The molecule has 0 aromatic heterocycles. The zero-order valence-electron chi connectivity index (χ0n) is 14.5. The van der Waals surface area contributed by atoms with E-state index < -0.39 is 21.4 Å². The fourth-order valence-corrected chi connectivity index (χ4v) is 16.0. The zero-order chi connectivity index (χ0) is 16.2. The molecule has 3 heteroatoms. The van der Waals surface area contributed by atoms with Crippen LogP contribution < -0.4 is 0 Å². The van der Waals surface area contributed by atoms with Crippen molar-refractivity contribution < 1.29 is 21.4 Å². The molecule has 0 heterocycles. The molecule has 0 nitrogen and oxygen atoms in total. The van der Waals surface area contributed by atoms with E-state index in [2.05, 4.69) is 97.1 Å². The molecule has 2 aromatic carbocycles. The van der Waals surface area contributed by atoms with E-state index in [0.29, 0.717) is 3.67 Å². The van der Waals surface area contributed by atoms with Crippen molar-refractivity contribution in [2.24, 2.45) is 0 Å². The molecule has 0 atom stereocenters. The van der Waals surface area contributed by atoms with Crippen LogP contribution in [0.5, 0.6) is 0 Å². The Morgan fingerprint density at radius 1 is 0.615 bits per heavy atom. The fourth-order valence-electron chi connectivity index (χ4n) is 3.69. The van der Waals surface area contributed by atoms with Gasteiger partial charge in [0.25, 0.3) is 0 Å². The van der Waals surface area contributed by atoms with Gasteiger partial charge in [0, 0.05) is 0 Å². The Morgan fingerprint density at radius 3 is 1.38 bits per heavy atom. The van der Waals surface area contributed by atoms with Crippen molar-refractivity contribution in [3.05, 3.63) is 115 Å². The number of benzene rings is 2. The van der Waals surface area contributed by atoms with Gasteiger partial charge in [-0.3, -0.25) is 0 Å². The second-order valence-electron chi connectivity index (χ2n) is 6.32. The van der Waals surface area contributed by atoms with Crippen molar-refractivity contribution in [1.82, 2.24) is 0 Å². The molecule has 0 spiro atoms. The van der Waals surface area contributed by atoms with Gasteiger partial charge in [-0.15, -0.1) is 24.8 Å². The van der Waals surface area contributed by atoms with E-state index in [9.17, 15) is 0 Å². The second-order valence-corrected chi connectivity index (χ2v) is 16.0. The molecule has 0 saturated heterocycles. The largest absolute Gasteiger partial charge is 0.147 e. The first-order valence-electron chi connectivity index (χ1n) is 8.62.